The highest BCUT2D eigenvalue weighted by Crippen LogP contribution is 2.23. The van der Waals surface area contributed by atoms with Gasteiger partial charge < -0.3 is 19.5 Å². The average Bonchev–Trinajstić information content (AvgIpc) is 2.84. The Hall–Kier alpha value is -1.63. The minimum Gasteiger partial charge on any atom is -0.483 e. The molecule has 144 valence electrons. The first-order chi connectivity index (χ1) is 12.6. The van der Waals surface area contributed by atoms with Crippen LogP contribution in [0, 0.1) is 13.8 Å². The fraction of sp³-hybridized carbons (Fsp3) is 0.650. The van der Waals surface area contributed by atoms with Gasteiger partial charge in [-0.15, -0.1) is 0 Å². The van der Waals surface area contributed by atoms with Crippen molar-refractivity contribution in [2.24, 2.45) is 0 Å². The van der Waals surface area contributed by atoms with Gasteiger partial charge in [-0.2, -0.15) is 0 Å². The zero-order chi connectivity index (χ0) is 18.5. The summed E-state index contributed by atoms with van der Waals surface area (Å²) in [6.45, 7) is 8.40. The summed E-state index contributed by atoms with van der Waals surface area (Å²) in [5, 5.41) is 10.5. The van der Waals surface area contributed by atoms with Crippen LogP contribution in [0.15, 0.2) is 18.2 Å². The number of carbonyl (C=O) groups excluding carboxylic acids is 1. The number of rotatable bonds is 4. The number of amides is 1. The lowest BCUT2D eigenvalue weighted by molar-refractivity contribution is -0.133. The van der Waals surface area contributed by atoms with E-state index in [4.69, 9.17) is 9.47 Å². The molecule has 0 radical (unpaired) electrons. The van der Waals surface area contributed by atoms with E-state index in [-0.39, 0.29) is 18.6 Å². The van der Waals surface area contributed by atoms with Gasteiger partial charge in [0.05, 0.1) is 19.3 Å². The second kappa shape index (κ2) is 8.84. The number of aliphatic hydroxyl groups is 1. The summed E-state index contributed by atoms with van der Waals surface area (Å²) >= 11 is 0. The predicted octanol–water partition coefficient (Wildman–Crippen LogP) is 1.37. The van der Waals surface area contributed by atoms with Crippen molar-refractivity contribution in [3.63, 3.8) is 0 Å². The van der Waals surface area contributed by atoms with Gasteiger partial charge in [-0.1, -0.05) is 18.2 Å². The SMILES string of the molecule is Cc1cccc(C)c1OCC(=O)N1CC[C@H](O)[C@@H](N2CCOCC2)CC1. The fourth-order valence-electron chi connectivity index (χ4n) is 3.91. The van der Waals surface area contributed by atoms with Crippen LogP contribution in [0.1, 0.15) is 24.0 Å². The molecule has 1 amide bonds. The van der Waals surface area contributed by atoms with Gasteiger partial charge in [-0.3, -0.25) is 9.69 Å². The summed E-state index contributed by atoms with van der Waals surface area (Å²) in [5.41, 5.74) is 2.08. The number of morpholine rings is 1. The molecule has 26 heavy (non-hydrogen) atoms. The van der Waals surface area contributed by atoms with Crippen molar-refractivity contribution in [1.82, 2.24) is 9.80 Å². The lowest BCUT2D eigenvalue weighted by atomic mass is 10.0. The molecule has 2 aliphatic heterocycles. The number of benzene rings is 1. The lowest BCUT2D eigenvalue weighted by Gasteiger charge is -2.36. The number of hydrogen-bond donors (Lipinski definition) is 1. The predicted molar refractivity (Wildman–Crippen MR) is 99.4 cm³/mol. The summed E-state index contributed by atoms with van der Waals surface area (Å²) < 4.78 is 11.2. The molecule has 0 aliphatic carbocycles. The lowest BCUT2D eigenvalue weighted by Crippen LogP contribution is -2.49. The third kappa shape index (κ3) is 4.55. The van der Waals surface area contributed by atoms with Gasteiger partial charge in [0.2, 0.25) is 0 Å². The molecule has 2 fully saturated rings. The number of nitrogens with zero attached hydrogens (tertiary/aromatic N) is 2. The van der Waals surface area contributed by atoms with Crippen LogP contribution >= 0.6 is 0 Å². The molecule has 2 aliphatic rings. The Morgan fingerprint density at radius 2 is 1.81 bits per heavy atom. The molecular weight excluding hydrogens is 332 g/mol. The van der Waals surface area contributed by atoms with Crippen LogP contribution < -0.4 is 4.74 Å². The molecule has 1 N–H and O–H groups in total. The Labute approximate surface area is 155 Å². The Bertz CT molecular complexity index is 596. The van der Waals surface area contributed by atoms with Gasteiger partial charge in [-0.05, 0) is 37.8 Å². The molecule has 3 rings (SSSR count). The van der Waals surface area contributed by atoms with Gasteiger partial charge in [0.1, 0.15) is 5.75 Å². The average molecular weight is 362 g/mol. The number of aliphatic hydroxyl groups excluding tert-OH is 1. The first-order valence-corrected chi connectivity index (χ1v) is 9.53. The Morgan fingerprint density at radius 1 is 1.15 bits per heavy atom. The molecule has 1 aromatic carbocycles. The van der Waals surface area contributed by atoms with E-state index in [9.17, 15) is 9.90 Å². The second-order valence-corrected chi connectivity index (χ2v) is 7.25. The van der Waals surface area contributed by atoms with Crippen molar-refractivity contribution >= 4 is 5.91 Å². The van der Waals surface area contributed by atoms with Crippen LogP contribution in [0.25, 0.3) is 0 Å². The Kier molecular flexibility index (Phi) is 6.51. The first kappa shape index (κ1) is 19.1. The molecule has 2 saturated heterocycles. The zero-order valence-electron chi connectivity index (χ0n) is 15.8. The number of likely N-dealkylation sites (tertiary alicyclic amines) is 1. The molecule has 2 atom stereocenters. The smallest absolute Gasteiger partial charge is 0.260 e. The molecule has 0 bridgehead atoms. The monoisotopic (exact) mass is 362 g/mol. The van der Waals surface area contributed by atoms with Crippen molar-refractivity contribution in [3.05, 3.63) is 29.3 Å². The van der Waals surface area contributed by atoms with Gasteiger partial charge in [0, 0.05) is 32.2 Å². The number of aryl methyl sites for hydroxylation is 2. The van der Waals surface area contributed by atoms with Crippen LogP contribution in [0.3, 0.4) is 0 Å². The summed E-state index contributed by atoms with van der Waals surface area (Å²) in [6.07, 6.45) is 0.999. The van der Waals surface area contributed by atoms with Crippen LogP contribution in [-0.4, -0.2) is 79.0 Å². The third-order valence-corrected chi connectivity index (χ3v) is 5.45. The van der Waals surface area contributed by atoms with E-state index in [2.05, 4.69) is 4.90 Å². The second-order valence-electron chi connectivity index (χ2n) is 7.25. The van der Waals surface area contributed by atoms with E-state index in [1.54, 1.807) is 0 Å². The topological polar surface area (TPSA) is 62.2 Å². The van der Waals surface area contributed by atoms with E-state index < -0.39 is 6.10 Å². The van der Waals surface area contributed by atoms with Crippen LogP contribution in [0.5, 0.6) is 5.75 Å². The number of ether oxygens (including phenoxy) is 2. The quantitative estimate of drug-likeness (QED) is 0.876. The first-order valence-electron chi connectivity index (χ1n) is 9.53. The van der Waals surface area contributed by atoms with E-state index in [0.717, 1.165) is 49.6 Å². The highest BCUT2D eigenvalue weighted by Gasteiger charge is 2.31. The summed E-state index contributed by atoms with van der Waals surface area (Å²) in [7, 11) is 0. The van der Waals surface area contributed by atoms with Crippen molar-refractivity contribution in [2.75, 3.05) is 46.0 Å². The van der Waals surface area contributed by atoms with Gasteiger partial charge in [-0.25, -0.2) is 0 Å². The maximum atomic E-state index is 12.6. The van der Waals surface area contributed by atoms with E-state index in [1.165, 1.54) is 0 Å². The molecule has 0 aromatic heterocycles. The van der Waals surface area contributed by atoms with E-state index in [1.807, 2.05) is 36.9 Å². The number of hydrogen-bond acceptors (Lipinski definition) is 5. The molecular formula is C20H30N2O4. The third-order valence-electron chi connectivity index (χ3n) is 5.45. The summed E-state index contributed by atoms with van der Waals surface area (Å²) in [5.74, 6) is 0.782. The maximum absolute atomic E-state index is 12.6. The molecule has 0 spiro atoms. The highest BCUT2D eigenvalue weighted by atomic mass is 16.5. The summed E-state index contributed by atoms with van der Waals surface area (Å²) in [6, 6.07) is 6.07. The van der Waals surface area contributed by atoms with Crippen molar-refractivity contribution in [2.45, 2.75) is 38.8 Å². The van der Waals surface area contributed by atoms with Crippen molar-refractivity contribution in [1.29, 1.82) is 0 Å². The molecule has 0 saturated carbocycles. The number of carbonyl (C=O) groups is 1. The fourth-order valence-corrected chi connectivity index (χ4v) is 3.91. The molecule has 6 nitrogen and oxygen atoms in total. The Morgan fingerprint density at radius 3 is 2.50 bits per heavy atom. The molecule has 6 heteroatoms. The molecule has 2 heterocycles. The maximum Gasteiger partial charge on any atom is 0.260 e. The highest BCUT2D eigenvalue weighted by molar-refractivity contribution is 5.77. The van der Waals surface area contributed by atoms with Crippen molar-refractivity contribution in [3.8, 4) is 5.75 Å². The molecule has 1 aromatic rings. The zero-order valence-corrected chi connectivity index (χ0v) is 15.8. The number of para-hydroxylation sites is 1. The van der Waals surface area contributed by atoms with Crippen LogP contribution in [0.2, 0.25) is 0 Å². The normalized spacial score (nSPS) is 25.0. The minimum absolute atomic E-state index is 0.0116. The van der Waals surface area contributed by atoms with Crippen LogP contribution in [-0.2, 0) is 9.53 Å². The van der Waals surface area contributed by atoms with Gasteiger partial charge in [0.25, 0.3) is 5.91 Å². The van der Waals surface area contributed by atoms with Gasteiger partial charge in [0.15, 0.2) is 6.61 Å². The van der Waals surface area contributed by atoms with E-state index >= 15 is 0 Å². The standard InChI is InChI=1S/C20H30N2O4/c1-15-4-3-5-16(2)20(15)26-14-19(24)22-8-6-17(18(23)7-9-22)21-10-12-25-13-11-21/h3-5,17-18,23H,6-14H2,1-2H3/t17-,18-/m0/s1. The molecule has 0 unspecified atom stereocenters. The summed E-state index contributed by atoms with van der Waals surface area (Å²) in [4.78, 5) is 16.8. The Balaban J connectivity index is 1.55. The minimum atomic E-state index is -0.398. The van der Waals surface area contributed by atoms with Crippen molar-refractivity contribution < 1.29 is 19.4 Å². The largest absolute Gasteiger partial charge is 0.483 e. The van der Waals surface area contributed by atoms with E-state index in [0.29, 0.717) is 19.5 Å². The van der Waals surface area contributed by atoms with Crippen LogP contribution in [0.4, 0.5) is 0 Å². The van der Waals surface area contributed by atoms with Gasteiger partial charge >= 0.3 is 0 Å².